The van der Waals surface area contributed by atoms with Gasteiger partial charge in [0, 0.05) is 19.1 Å². The molecule has 1 N–H and O–H groups in total. The number of carbonyl (C=O) groups is 1. The number of ether oxygens (including phenoxy) is 1. The maximum Gasteiger partial charge on any atom is 0.310 e. The maximum absolute atomic E-state index is 12.1. The second kappa shape index (κ2) is 4.82. The standard InChI is InChI=1S/C14H24N2O2/c1-2-18-13(17)12-9-15-10-14(12)5-7-16(8-6-14)11-3-4-11/h11-12,15H,2-10H2,1H3. The highest BCUT2D eigenvalue weighted by Crippen LogP contribution is 2.44. The summed E-state index contributed by atoms with van der Waals surface area (Å²) in [5.41, 5.74) is 0.178. The molecule has 1 saturated carbocycles. The van der Waals surface area contributed by atoms with Gasteiger partial charge in [-0.05, 0) is 51.1 Å². The van der Waals surface area contributed by atoms with Crippen LogP contribution in [0.1, 0.15) is 32.6 Å². The second-order valence-corrected chi connectivity index (χ2v) is 6.07. The first kappa shape index (κ1) is 12.4. The summed E-state index contributed by atoms with van der Waals surface area (Å²) in [6, 6.07) is 0.859. The van der Waals surface area contributed by atoms with E-state index in [9.17, 15) is 4.79 Å². The van der Waals surface area contributed by atoms with Gasteiger partial charge in [0.2, 0.25) is 0 Å². The van der Waals surface area contributed by atoms with Gasteiger partial charge in [0.15, 0.2) is 0 Å². The maximum atomic E-state index is 12.1. The highest BCUT2D eigenvalue weighted by molar-refractivity contribution is 5.74. The van der Waals surface area contributed by atoms with E-state index in [4.69, 9.17) is 4.74 Å². The molecule has 0 bridgehead atoms. The number of likely N-dealkylation sites (tertiary alicyclic amines) is 1. The van der Waals surface area contributed by atoms with Crippen LogP contribution in [-0.2, 0) is 9.53 Å². The van der Waals surface area contributed by atoms with Crippen LogP contribution >= 0.6 is 0 Å². The SMILES string of the molecule is CCOC(=O)C1CNCC12CCN(C1CC1)CC2. The molecule has 1 spiro atoms. The van der Waals surface area contributed by atoms with Gasteiger partial charge < -0.3 is 15.0 Å². The van der Waals surface area contributed by atoms with E-state index in [0.29, 0.717) is 6.61 Å². The van der Waals surface area contributed by atoms with Gasteiger partial charge >= 0.3 is 5.97 Å². The van der Waals surface area contributed by atoms with E-state index in [-0.39, 0.29) is 17.3 Å². The summed E-state index contributed by atoms with van der Waals surface area (Å²) in [6.45, 7) is 6.53. The first-order chi connectivity index (χ1) is 8.75. The summed E-state index contributed by atoms with van der Waals surface area (Å²) in [5, 5.41) is 3.41. The number of hydrogen-bond acceptors (Lipinski definition) is 4. The molecule has 3 rings (SSSR count). The molecular formula is C14H24N2O2. The van der Waals surface area contributed by atoms with E-state index in [1.807, 2.05) is 6.92 Å². The van der Waals surface area contributed by atoms with Gasteiger partial charge in [-0.3, -0.25) is 4.79 Å². The van der Waals surface area contributed by atoms with E-state index >= 15 is 0 Å². The Labute approximate surface area is 109 Å². The molecule has 2 heterocycles. The number of hydrogen-bond donors (Lipinski definition) is 1. The molecule has 4 nitrogen and oxygen atoms in total. The Balaban J connectivity index is 1.64. The highest BCUT2D eigenvalue weighted by Gasteiger charge is 2.49. The largest absolute Gasteiger partial charge is 0.466 e. The molecule has 18 heavy (non-hydrogen) atoms. The molecule has 1 aliphatic carbocycles. The lowest BCUT2D eigenvalue weighted by molar-refractivity contribution is -0.152. The quantitative estimate of drug-likeness (QED) is 0.761. The zero-order chi connectivity index (χ0) is 12.6. The molecule has 3 fully saturated rings. The molecule has 1 atom stereocenters. The Kier molecular flexibility index (Phi) is 3.32. The van der Waals surface area contributed by atoms with E-state index in [1.54, 1.807) is 0 Å². The minimum atomic E-state index is 0.0161. The third-order valence-corrected chi connectivity index (χ3v) is 4.99. The summed E-state index contributed by atoms with van der Waals surface area (Å²) < 4.78 is 5.25. The van der Waals surface area contributed by atoms with E-state index in [2.05, 4.69) is 10.2 Å². The van der Waals surface area contributed by atoms with Crippen LogP contribution in [0.25, 0.3) is 0 Å². The van der Waals surface area contributed by atoms with Gasteiger partial charge in [-0.15, -0.1) is 0 Å². The summed E-state index contributed by atoms with van der Waals surface area (Å²) >= 11 is 0. The molecule has 0 aromatic heterocycles. The average Bonchev–Trinajstić information content (AvgIpc) is 3.13. The first-order valence-corrected chi connectivity index (χ1v) is 7.36. The third-order valence-electron chi connectivity index (χ3n) is 4.99. The Bertz CT molecular complexity index is 320. The smallest absolute Gasteiger partial charge is 0.310 e. The van der Waals surface area contributed by atoms with Gasteiger partial charge in [0.1, 0.15) is 0 Å². The predicted octanol–water partition coefficient (Wildman–Crippen LogP) is 1.01. The lowest BCUT2D eigenvalue weighted by Crippen LogP contribution is -2.47. The van der Waals surface area contributed by atoms with Crippen molar-refractivity contribution in [2.45, 2.75) is 38.6 Å². The van der Waals surface area contributed by atoms with Crippen LogP contribution in [0.4, 0.5) is 0 Å². The first-order valence-electron chi connectivity index (χ1n) is 7.36. The highest BCUT2D eigenvalue weighted by atomic mass is 16.5. The Morgan fingerprint density at radius 2 is 2.11 bits per heavy atom. The minimum absolute atomic E-state index is 0.0161. The molecule has 0 radical (unpaired) electrons. The summed E-state index contributed by atoms with van der Waals surface area (Å²) in [5.74, 6) is 0.0983. The topological polar surface area (TPSA) is 41.6 Å². The monoisotopic (exact) mass is 252 g/mol. The van der Waals surface area contributed by atoms with Crippen LogP contribution in [0.2, 0.25) is 0 Å². The van der Waals surface area contributed by atoms with E-state index in [0.717, 1.165) is 32.0 Å². The van der Waals surface area contributed by atoms with Crippen molar-refractivity contribution in [3.8, 4) is 0 Å². The molecule has 102 valence electrons. The number of esters is 1. The number of piperidine rings is 1. The number of nitrogens with one attached hydrogen (secondary N) is 1. The van der Waals surface area contributed by atoms with Crippen molar-refractivity contribution in [1.29, 1.82) is 0 Å². The minimum Gasteiger partial charge on any atom is -0.466 e. The molecule has 2 saturated heterocycles. The van der Waals surface area contributed by atoms with E-state index in [1.165, 1.54) is 25.9 Å². The van der Waals surface area contributed by atoms with Crippen LogP contribution in [0.5, 0.6) is 0 Å². The molecule has 2 aliphatic heterocycles. The third kappa shape index (κ3) is 2.16. The van der Waals surface area contributed by atoms with Gasteiger partial charge in [-0.25, -0.2) is 0 Å². The van der Waals surface area contributed by atoms with E-state index < -0.39 is 0 Å². The molecule has 1 unspecified atom stereocenters. The van der Waals surface area contributed by atoms with Crippen molar-refractivity contribution in [3.05, 3.63) is 0 Å². The molecule has 0 amide bonds. The lowest BCUT2D eigenvalue weighted by Gasteiger charge is -2.41. The summed E-state index contributed by atoms with van der Waals surface area (Å²) in [4.78, 5) is 14.7. The van der Waals surface area contributed by atoms with Crippen LogP contribution in [0.3, 0.4) is 0 Å². The predicted molar refractivity (Wildman–Crippen MR) is 69.3 cm³/mol. The van der Waals surface area contributed by atoms with Crippen LogP contribution < -0.4 is 5.32 Å². The molecule has 4 heteroatoms. The molecule has 0 aromatic rings. The van der Waals surface area contributed by atoms with Gasteiger partial charge in [0.05, 0.1) is 12.5 Å². The van der Waals surface area contributed by atoms with Crippen LogP contribution in [0.15, 0.2) is 0 Å². The fourth-order valence-electron chi connectivity index (χ4n) is 3.68. The fraction of sp³-hybridized carbons (Fsp3) is 0.929. The van der Waals surface area contributed by atoms with Crippen molar-refractivity contribution in [3.63, 3.8) is 0 Å². The lowest BCUT2D eigenvalue weighted by atomic mass is 9.71. The second-order valence-electron chi connectivity index (χ2n) is 6.07. The summed E-state index contributed by atoms with van der Waals surface area (Å²) in [7, 11) is 0. The van der Waals surface area contributed by atoms with Crippen molar-refractivity contribution in [1.82, 2.24) is 10.2 Å². The Hall–Kier alpha value is -0.610. The van der Waals surface area contributed by atoms with Crippen LogP contribution in [0, 0.1) is 11.3 Å². The zero-order valence-electron chi connectivity index (χ0n) is 11.3. The van der Waals surface area contributed by atoms with Crippen molar-refractivity contribution in [2.24, 2.45) is 11.3 Å². The normalized spacial score (nSPS) is 31.7. The Morgan fingerprint density at radius 3 is 2.72 bits per heavy atom. The number of rotatable bonds is 3. The number of nitrogens with zero attached hydrogens (tertiary/aromatic N) is 1. The van der Waals surface area contributed by atoms with Crippen molar-refractivity contribution in [2.75, 3.05) is 32.8 Å². The van der Waals surface area contributed by atoms with Gasteiger partial charge in [0.25, 0.3) is 0 Å². The molecular weight excluding hydrogens is 228 g/mol. The van der Waals surface area contributed by atoms with Crippen LogP contribution in [-0.4, -0.2) is 49.7 Å². The zero-order valence-corrected chi connectivity index (χ0v) is 11.3. The van der Waals surface area contributed by atoms with Gasteiger partial charge in [-0.2, -0.15) is 0 Å². The molecule has 0 aromatic carbocycles. The van der Waals surface area contributed by atoms with Gasteiger partial charge in [-0.1, -0.05) is 0 Å². The fourth-order valence-corrected chi connectivity index (χ4v) is 3.68. The molecule has 3 aliphatic rings. The summed E-state index contributed by atoms with van der Waals surface area (Å²) in [6.07, 6.45) is 5.07. The Morgan fingerprint density at radius 1 is 1.39 bits per heavy atom. The average molecular weight is 252 g/mol. The number of carbonyl (C=O) groups excluding carboxylic acids is 1. The van der Waals surface area contributed by atoms with Crippen molar-refractivity contribution < 1.29 is 9.53 Å². The van der Waals surface area contributed by atoms with Crippen molar-refractivity contribution >= 4 is 5.97 Å².